The molecule has 0 atom stereocenters. The summed E-state index contributed by atoms with van der Waals surface area (Å²) in [5.74, 6) is 0.358. The first-order valence-corrected chi connectivity index (χ1v) is 5.30. The Labute approximate surface area is 85.1 Å². The number of Topliss-reactive ketones (excluding diaryl/α,β-unsaturated/α-hetero) is 1. The molecule has 3 nitrogen and oxygen atoms in total. The summed E-state index contributed by atoms with van der Waals surface area (Å²) < 4.78 is 1.94. The second-order valence-electron chi connectivity index (χ2n) is 3.43. The fourth-order valence-corrected chi connectivity index (χ4v) is 1.53. The summed E-state index contributed by atoms with van der Waals surface area (Å²) in [6, 6.07) is 1.99. The van der Waals surface area contributed by atoms with Crippen molar-refractivity contribution in [3.8, 4) is 0 Å². The van der Waals surface area contributed by atoms with Crippen molar-refractivity contribution in [2.45, 2.75) is 46.1 Å². The van der Waals surface area contributed by atoms with Gasteiger partial charge in [0.2, 0.25) is 0 Å². The van der Waals surface area contributed by atoms with Crippen LogP contribution < -0.4 is 0 Å². The number of carbonyl (C=O) groups is 1. The second kappa shape index (κ2) is 5.58. The maximum atomic E-state index is 11.3. The zero-order valence-corrected chi connectivity index (χ0v) is 8.99. The second-order valence-corrected chi connectivity index (χ2v) is 3.43. The van der Waals surface area contributed by atoms with E-state index in [1.807, 2.05) is 17.7 Å². The smallest absolute Gasteiger partial charge is 0.133 e. The van der Waals surface area contributed by atoms with Crippen LogP contribution >= 0.6 is 0 Å². The van der Waals surface area contributed by atoms with E-state index in [4.69, 9.17) is 0 Å². The Kier molecular flexibility index (Phi) is 4.36. The summed E-state index contributed by atoms with van der Waals surface area (Å²) in [6.07, 6.45) is 4.93. The van der Waals surface area contributed by atoms with Crippen molar-refractivity contribution in [3.05, 3.63) is 18.0 Å². The molecule has 0 N–H and O–H groups in total. The largest absolute Gasteiger partial charge is 0.300 e. The van der Waals surface area contributed by atoms with E-state index >= 15 is 0 Å². The van der Waals surface area contributed by atoms with Gasteiger partial charge in [-0.15, -0.1) is 0 Å². The normalized spacial score (nSPS) is 10.4. The lowest BCUT2D eigenvalue weighted by molar-refractivity contribution is -0.119. The molecule has 0 bridgehead atoms. The lowest BCUT2D eigenvalue weighted by atomic mass is 10.1. The molecular formula is C11H18N2O. The van der Waals surface area contributed by atoms with E-state index in [-0.39, 0.29) is 0 Å². The van der Waals surface area contributed by atoms with Crippen LogP contribution in [-0.2, 0) is 17.8 Å². The van der Waals surface area contributed by atoms with Gasteiger partial charge >= 0.3 is 0 Å². The van der Waals surface area contributed by atoms with Gasteiger partial charge in [0.1, 0.15) is 5.78 Å². The minimum atomic E-state index is 0.358. The van der Waals surface area contributed by atoms with Gasteiger partial charge in [0.05, 0.1) is 0 Å². The van der Waals surface area contributed by atoms with Crippen molar-refractivity contribution in [2.24, 2.45) is 0 Å². The van der Waals surface area contributed by atoms with Crippen LogP contribution in [0.4, 0.5) is 0 Å². The van der Waals surface area contributed by atoms with Gasteiger partial charge in [0, 0.05) is 31.3 Å². The van der Waals surface area contributed by atoms with Crippen LogP contribution in [0, 0.1) is 0 Å². The molecular weight excluding hydrogens is 176 g/mol. The van der Waals surface area contributed by atoms with Crippen molar-refractivity contribution in [3.63, 3.8) is 0 Å². The molecule has 0 aliphatic rings. The standard InChI is InChI=1S/C11H18N2O/c1-3-5-11(14)7-6-10-8-9-12-13(10)4-2/h8-9H,3-7H2,1-2H3. The zero-order valence-electron chi connectivity index (χ0n) is 8.99. The van der Waals surface area contributed by atoms with E-state index in [9.17, 15) is 4.79 Å². The van der Waals surface area contributed by atoms with Crippen LogP contribution in [0.15, 0.2) is 12.3 Å². The highest BCUT2D eigenvalue weighted by Gasteiger charge is 2.04. The molecule has 1 aromatic rings. The average molecular weight is 194 g/mol. The average Bonchev–Trinajstić information content (AvgIpc) is 2.62. The van der Waals surface area contributed by atoms with Crippen LogP contribution in [0.5, 0.6) is 0 Å². The maximum absolute atomic E-state index is 11.3. The Morgan fingerprint density at radius 3 is 2.86 bits per heavy atom. The molecule has 1 heterocycles. The van der Waals surface area contributed by atoms with Crippen LogP contribution in [0.25, 0.3) is 0 Å². The minimum absolute atomic E-state index is 0.358. The highest BCUT2D eigenvalue weighted by atomic mass is 16.1. The molecule has 78 valence electrons. The summed E-state index contributed by atoms with van der Waals surface area (Å²) in [7, 11) is 0. The number of aromatic nitrogens is 2. The van der Waals surface area contributed by atoms with Crippen LogP contribution in [0.2, 0.25) is 0 Å². The topological polar surface area (TPSA) is 34.9 Å². The molecule has 0 aliphatic carbocycles. The number of carbonyl (C=O) groups excluding carboxylic acids is 1. The third-order valence-electron chi connectivity index (χ3n) is 2.29. The molecule has 14 heavy (non-hydrogen) atoms. The lowest BCUT2D eigenvalue weighted by Gasteiger charge is -2.03. The Balaban J connectivity index is 2.41. The van der Waals surface area contributed by atoms with E-state index in [1.165, 1.54) is 0 Å². The first-order valence-electron chi connectivity index (χ1n) is 5.30. The van der Waals surface area contributed by atoms with E-state index < -0.39 is 0 Å². The third-order valence-corrected chi connectivity index (χ3v) is 2.29. The van der Waals surface area contributed by atoms with Crippen LogP contribution in [0.1, 0.15) is 38.8 Å². The zero-order chi connectivity index (χ0) is 10.4. The number of hydrogen-bond donors (Lipinski definition) is 0. The molecule has 0 radical (unpaired) electrons. The first-order chi connectivity index (χ1) is 6.77. The molecule has 0 amide bonds. The quantitative estimate of drug-likeness (QED) is 0.696. The fraction of sp³-hybridized carbons (Fsp3) is 0.636. The number of aryl methyl sites for hydroxylation is 2. The molecule has 1 aromatic heterocycles. The van der Waals surface area contributed by atoms with Gasteiger partial charge < -0.3 is 0 Å². The van der Waals surface area contributed by atoms with Gasteiger partial charge in [-0.3, -0.25) is 9.48 Å². The summed E-state index contributed by atoms with van der Waals surface area (Å²) in [5.41, 5.74) is 1.16. The van der Waals surface area contributed by atoms with Crippen molar-refractivity contribution in [2.75, 3.05) is 0 Å². The van der Waals surface area contributed by atoms with Gasteiger partial charge in [-0.2, -0.15) is 5.10 Å². The highest BCUT2D eigenvalue weighted by molar-refractivity contribution is 5.78. The molecule has 1 rings (SSSR count). The van der Waals surface area contributed by atoms with Gasteiger partial charge in [0.15, 0.2) is 0 Å². The summed E-state index contributed by atoms with van der Waals surface area (Å²) in [5, 5.41) is 4.16. The van der Waals surface area contributed by atoms with E-state index in [2.05, 4.69) is 12.0 Å². The molecule has 0 saturated heterocycles. The fourth-order valence-electron chi connectivity index (χ4n) is 1.53. The van der Waals surface area contributed by atoms with Gasteiger partial charge in [-0.1, -0.05) is 6.92 Å². The molecule has 0 fully saturated rings. The van der Waals surface area contributed by atoms with Gasteiger partial charge in [-0.25, -0.2) is 0 Å². The number of ketones is 1. The lowest BCUT2D eigenvalue weighted by Crippen LogP contribution is -2.05. The molecule has 0 spiro atoms. The Bertz CT molecular complexity index is 291. The Hall–Kier alpha value is -1.12. The van der Waals surface area contributed by atoms with Gasteiger partial charge in [-0.05, 0) is 25.8 Å². The highest BCUT2D eigenvalue weighted by Crippen LogP contribution is 2.05. The van der Waals surface area contributed by atoms with Crippen LogP contribution in [-0.4, -0.2) is 15.6 Å². The number of hydrogen-bond acceptors (Lipinski definition) is 2. The molecule has 0 unspecified atom stereocenters. The van der Waals surface area contributed by atoms with Crippen LogP contribution in [0.3, 0.4) is 0 Å². The SMILES string of the molecule is CCCC(=O)CCc1ccnn1CC. The van der Waals surface area contributed by atoms with Crippen molar-refractivity contribution in [1.29, 1.82) is 0 Å². The van der Waals surface area contributed by atoms with Gasteiger partial charge in [0.25, 0.3) is 0 Å². The maximum Gasteiger partial charge on any atom is 0.133 e. The third kappa shape index (κ3) is 2.98. The molecule has 0 aliphatic heterocycles. The van der Waals surface area contributed by atoms with Crippen molar-refractivity contribution in [1.82, 2.24) is 9.78 Å². The minimum Gasteiger partial charge on any atom is -0.300 e. The predicted octanol–water partition coefficient (Wildman–Crippen LogP) is 2.20. The van der Waals surface area contributed by atoms with Crippen molar-refractivity contribution < 1.29 is 4.79 Å². The summed E-state index contributed by atoms with van der Waals surface area (Å²) >= 11 is 0. The summed E-state index contributed by atoms with van der Waals surface area (Å²) in [6.45, 7) is 4.98. The predicted molar refractivity (Wildman–Crippen MR) is 56.1 cm³/mol. The molecule has 0 aromatic carbocycles. The molecule has 3 heteroatoms. The van der Waals surface area contributed by atoms with Crippen molar-refractivity contribution >= 4 is 5.78 Å². The van der Waals surface area contributed by atoms with E-state index in [0.29, 0.717) is 18.6 Å². The Morgan fingerprint density at radius 2 is 2.21 bits per heavy atom. The van der Waals surface area contributed by atoms with E-state index in [1.54, 1.807) is 6.20 Å². The molecule has 0 saturated carbocycles. The first kappa shape index (κ1) is 11.0. The number of rotatable bonds is 6. The Morgan fingerprint density at radius 1 is 1.43 bits per heavy atom. The monoisotopic (exact) mass is 194 g/mol. The van der Waals surface area contributed by atoms with E-state index in [0.717, 1.165) is 25.1 Å². The number of nitrogens with zero attached hydrogens (tertiary/aromatic N) is 2. The summed E-state index contributed by atoms with van der Waals surface area (Å²) in [4.78, 5) is 11.3.